The number of rotatable bonds is 4. The lowest BCUT2D eigenvalue weighted by molar-refractivity contribution is 0.234. The lowest BCUT2D eigenvalue weighted by Gasteiger charge is -2.26. The molecule has 0 bridgehead atoms. The van der Waals surface area contributed by atoms with E-state index in [1.807, 2.05) is 0 Å². The van der Waals surface area contributed by atoms with E-state index in [0.29, 0.717) is 10.8 Å². The number of likely N-dealkylation sites (tertiary alicyclic amines) is 1. The number of hydrogen-bond donors (Lipinski definition) is 1. The van der Waals surface area contributed by atoms with Gasteiger partial charge in [0, 0.05) is 13.1 Å². The summed E-state index contributed by atoms with van der Waals surface area (Å²) in [6.45, 7) is 14.4. The Hall–Kier alpha value is -0.0800. The first-order valence-electron chi connectivity index (χ1n) is 6.22. The molecule has 0 aromatic rings. The van der Waals surface area contributed by atoms with Crippen LogP contribution in [0, 0.1) is 10.8 Å². The van der Waals surface area contributed by atoms with Gasteiger partial charge >= 0.3 is 0 Å². The minimum atomic E-state index is 0.474. The first-order chi connectivity index (χ1) is 6.85. The maximum absolute atomic E-state index is 3.32. The molecule has 1 fully saturated rings. The Labute approximate surface area is 95.4 Å². The van der Waals surface area contributed by atoms with Crippen molar-refractivity contribution in [3.63, 3.8) is 0 Å². The smallest absolute Gasteiger partial charge is 0.00480 e. The van der Waals surface area contributed by atoms with Crippen molar-refractivity contribution in [2.45, 2.75) is 40.5 Å². The van der Waals surface area contributed by atoms with Gasteiger partial charge in [0.25, 0.3) is 0 Å². The van der Waals surface area contributed by atoms with Crippen LogP contribution in [-0.4, -0.2) is 38.1 Å². The molecule has 1 rings (SSSR count). The van der Waals surface area contributed by atoms with Crippen molar-refractivity contribution in [1.29, 1.82) is 0 Å². The molecule has 90 valence electrons. The fourth-order valence-corrected chi connectivity index (χ4v) is 2.38. The Morgan fingerprint density at radius 1 is 1.33 bits per heavy atom. The highest BCUT2D eigenvalue weighted by Gasteiger charge is 2.33. The minimum Gasteiger partial charge on any atom is -0.319 e. The van der Waals surface area contributed by atoms with Crippen molar-refractivity contribution in [2.75, 3.05) is 33.2 Å². The molecule has 0 amide bonds. The van der Waals surface area contributed by atoms with E-state index in [1.165, 1.54) is 32.5 Å². The molecule has 1 unspecified atom stereocenters. The molecule has 0 aromatic carbocycles. The monoisotopic (exact) mass is 212 g/mol. The van der Waals surface area contributed by atoms with E-state index >= 15 is 0 Å². The second kappa shape index (κ2) is 4.84. The van der Waals surface area contributed by atoms with E-state index < -0.39 is 0 Å². The second-order valence-corrected chi connectivity index (χ2v) is 6.68. The van der Waals surface area contributed by atoms with E-state index in [4.69, 9.17) is 0 Å². The Morgan fingerprint density at radius 3 is 2.53 bits per heavy atom. The summed E-state index contributed by atoms with van der Waals surface area (Å²) in [5.41, 5.74) is 0.981. The fourth-order valence-electron chi connectivity index (χ4n) is 2.38. The summed E-state index contributed by atoms with van der Waals surface area (Å²) in [4.78, 5) is 2.63. The highest BCUT2D eigenvalue weighted by molar-refractivity contribution is 4.87. The maximum atomic E-state index is 3.32. The average molecular weight is 212 g/mol. The third-order valence-electron chi connectivity index (χ3n) is 3.42. The standard InChI is InChI=1S/C13H28N2/c1-12(2,3)6-8-15-9-7-13(4,11-15)10-14-5/h14H,6-11H2,1-5H3. The first-order valence-corrected chi connectivity index (χ1v) is 6.22. The van der Waals surface area contributed by atoms with Crippen LogP contribution < -0.4 is 5.32 Å². The van der Waals surface area contributed by atoms with Gasteiger partial charge in [-0.05, 0) is 43.8 Å². The van der Waals surface area contributed by atoms with Crippen molar-refractivity contribution in [1.82, 2.24) is 10.2 Å². The van der Waals surface area contributed by atoms with Crippen molar-refractivity contribution in [3.8, 4) is 0 Å². The van der Waals surface area contributed by atoms with Crippen LogP contribution in [0.4, 0.5) is 0 Å². The van der Waals surface area contributed by atoms with Gasteiger partial charge in [-0.25, -0.2) is 0 Å². The Bertz CT molecular complexity index is 195. The summed E-state index contributed by atoms with van der Waals surface area (Å²) in [5, 5.41) is 3.32. The summed E-state index contributed by atoms with van der Waals surface area (Å²) in [5.74, 6) is 0. The molecule has 2 heteroatoms. The second-order valence-electron chi connectivity index (χ2n) is 6.68. The van der Waals surface area contributed by atoms with Crippen LogP contribution in [-0.2, 0) is 0 Å². The van der Waals surface area contributed by atoms with Crippen LogP contribution >= 0.6 is 0 Å². The third kappa shape index (κ3) is 4.52. The predicted octanol–water partition coefficient (Wildman–Crippen LogP) is 2.35. The van der Waals surface area contributed by atoms with Crippen LogP contribution in [0.1, 0.15) is 40.5 Å². The Morgan fingerprint density at radius 2 is 2.00 bits per heavy atom. The van der Waals surface area contributed by atoms with Gasteiger partial charge < -0.3 is 10.2 Å². The van der Waals surface area contributed by atoms with Gasteiger partial charge in [0.1, 0.15) is 0 Å². The molecule has 1 aliphatic heterocycles. The zero-order valence-corrected chi connectivity index (χ0v) is 11.2. The van der Waals surface area contributed by atoms with Crippen molar-refractivity contribution < 1.29 is 0 Å². The van der Waals surface area contributed by atoms with Gasteiger partial charge in [-0.3, -0.25) is 0 Å². The Kier molecular flexibility index (Phi) is 4.19. The zero-order valence-electron chi connectivity index (χ0n) is 11.2. The molecule has 1 atom stereocenters. The fraction of sp³-hybridized carbons (Fsp3) is 1.00. The van der Waals surface area contributed by atoms with Crippen molar-refractivity contribution in [2.24, 2.45) is 10.8 Å². The van der Waals surface area contributed by atoms with Gasteiger partial charge in [0.15, 0.2) is 0 Å². The van der Waals surface area contributed by atoms with Crippen LogP contribution in [0.5, 0.6) is 0 Å². The number of nitrogens with one attached hydrogen (secondary N) is 1. The lowest BCUT2D eigenvalue weighted by Crippen LogP contribution is -2.34. The highest BCUT2D eigenvalue weighted by atomic mass is 15.2. The summed E-state index contributed by atoms with van der Waals surface area (Å²) < 4.78 is 0. The third-order valence-corrected chi connectivity index (χ3v) is 3.42. The normalized spacial score (nSPS) is 28.6. The molecule has 0 spiro atoms. The van der Waals surface area contributed by atoms with E-state index in [0.717, 1.165) is 6.54 Å². The van der Waals surface area contributed by atoms with Gasteiger partial charge in [-0.15, -0.1) is 0 Å². The van der Waals surface area contributed by atoms with Crippen LogP contribution in [0.2, 0.25) is 0 Å². The van der Waals surface area contributed by atoms with Crippen LogP contribution in [0.3, 0.4) is 0 Å². The van der Waals surface area contributed by atoms with E-state index in [9.17, 15) is 0 Å². The van der Waals surface area contributed by atoms with Crippen molar-refractivity contribution in [3.05, 3.63) is 0 Å². The van der Waals surface area contributed by atoms with E-state index in [2.05, 4.69) is 45.0 Å². The minimum absolute atomic E-state index is 0.474. The molecular weight excluding hydrogens is 184 g/mol. The molecule has 0 saturated carbocycles. The predicted molar refractivity (Wildman–Crippen MR) is 67.2 cm³/mol. The average Bonchev–Trinajstić information content (AvgIpc) is 2.44. The molecule has 1 heterocycles. The molecule has 15 heavy (non-hydrogen) atoms. The van der Waals surface area contributed by atoms with Gasteiger partial charge in [-0.2, -0.15) is 0 Å². The van der Waals surface area contributed by atoms with Gasteiger partial charge in [0.05, 0.1) is 0 Å². The highest BCUT2D eigenvalue weighted by Crippen LogP contribution is 2.30. The number of nitrogens with zero attached hydrogens (tertiary/aromatic N) is 1. The van der Waals surface area contributed by atoms with Crippen LogP contribution in [0.25, 0.3) is 0 Å². The summed E-state index contributed by atoms with van der Waals surface area (Å²) in [6.07, 6.45) is 2.65. The van der Waals surface area contributed by atoms with E-state index in [-0.39, 0.29) is 0 Å². The van der Waals surface area contributed by atoms with Crippen molar-refractivity contribution >= 4 is 0 Å². The van der Waals surface area contributed by atoms with Gasteiger partial charge in [0.2, 0.25) is 0 Å². The lowest BCUT2D eigenvalue weighted by atomic mass is 9.89. The molecule has 0 radical (unpaired) electrons. The molecule has 1 N–H and O–H groups in total. The van der Waals surface area contributed by atoms with Gasteiger partial charge in [-0.1, -0.05) is 27.7 Å². The summed E-state index contributed by atoms with van der Waals surface area (Å²) in [7, 11) is 2.06. The van der Waals surface area contributed by atoms with Crippen LogP contribution in [0.15, 0.2) is 0 Å². The Balaban J connectivity index is 2.30. The molecule has 1 aliphatic rings. The summed E-state index contributed by atoms with van der Waals surface area (Å²) >= 11 is 0. The maximum Gasteiger partial charge on any atom is 0.00480 e. The summed E-state index contributed by atoms with van der Waals surface area (Å²) in [6, 6.07) is 0. The largest absolute Gasteiger partial charge is 0.319 e. The molecule has 1 saturated heterocycles. The SMILES string of the molecule is CNCC1(C)CCN(CCC(C)(C)C)C1. The molecule has 0 aliphatic carbocycles. The molecule has 0 aromatic heterocycles. The van der Waals surface area contributed by atoms with E-state index in [1.54, 1.807) is 0 Å². The zero-order chi connectivity index (χ0) is 11.5. The first kappa shape index (κ1) is 13.0. The quantitative estimate of drug-likeness (QED) is 0.769. The topological polar surface area (TPSA) is 15.3 Å². The number of hydrogen-bond acceptors (Lipinski definition) is 2. The molecular formula is C13H28N2. The molecule has 2 nitrogen and oxygen atoms in total.